The van der Waals surface area contributed by atoms with Gasteiger partial charge in [-0.15, -0.1) is 6.42 Å². The van der Waals surface area contributed by atoms with Gasteiger partial charge in [0.05, 0.1) is 12.6 Å². The summed E-state index contributed by atoms with van der Waals surface area (Å²) >= 11 is 0. The summed E-state index contributed by atoms with van der Waals surface area (Å²) in [5.41, 5.74) is 8.79. The lowest BCUT2D eigenvalue weighted by Crippen LogP contribution is -2.07. The first-order valence-electron chi connectivity index (χ1n) is 14.8. The Labute approximate surface area is 267 Å². The number of hydrogen-bond acceptors (Lipinski definition) is 9. The molecule has 0 fully saturated rings. The van der Waals surface area contributed by atoms with Crippen LogP contribution in [0.3, 0.4) is 0 Å². The van der Waals surface area contributed by atoms with Crippen LogP contribution in [0.1, 0.15) is 66.9 Å². The zero-order valence-corrected chi connectivity index (χ0v) is 26.7. The van der Waals surface area contributed by atoms with Crippen molar-refractivity contribution in [2.24, 2.45) is 5.73 Å². The normalized spacial score (nSPS) is 9.51. The van der Waals surface area contributed by atoms with Gasteiger partial charge in [0.15, 0.2) is 0 Å². The zero-order chi connectivity index (χ0) is 33.3. The van der Waals surface area contributed by atoms with Gasteiger partial charge >= 0.3 is 0 Å². The third-order valence-electron chi connectivity index (χ3n) is 6.23. The number of methoxy groups -OCH3 is 1. The highest BCUT2D eigenvalue weighted by molar-refractivity contribution is 5.92. The maximum Gasteiger partial charge on any atom is 0.150 e. The molecule has 9 nitrogen and oxygen atoms in total. The predicted molar refractivity (Wildman–Crippen MR) is 183 cm³/mol. The Morgan fingerprint density at radius 3 is 2.31 bits per heavy atom. The number of anilines is 2. The highest BCUT2D eigenvalue weighted by Crippen LogP contribution is 2.29. The van der Waals surface area contributed by atoms with E-state index in [0.29, 0.717) is 19.4 Å². The molecule has 1 aromatic heterocycles. The lowest BCUT2D eigenvalue weighted by molar-refractivity contribution is -0.117. The average molecular weight is 612 g/mol. The molecule has 0 aliphatic rings. The molecular weight excluding hydrogens is 566 g/mol. The van der Waals surface area contributed by atoms with Crippen LogP contribution in [-0.4, -0.2) is 49.5 Å². The van der Waals surface area contributed by atoms with Gasteiger partial charge in [0.25, 0.3) is 0 Å². The van der Waals surface area contributed by atoms with E-state index in [1.54, 1.807) is 26.2 Å². The van der Waals surface area contributed by atoms with E-state index >= 15 is 0 Å². The van der Waals surface area contributed by atoms with Crippen LogP contribution in [-0.2, 0) is 16.1 Å². The van der Waals surface area contributed by atoms with Gasteiger partial charge in [-0.05, 0) is 58.1 Å². The van der Waals surface area contributed by atoms with E-state index in [-0.39, 0.29) is 5.78 Å². The Morgan fingerprint density at radius 2 is 1.71 bits per heavy atom. The van der Waals surface area contributed by atoms with Gasteiger partial charge in [-0.1, -0.05) is 55.2 Å². The third kappa shape index (κ3) is 14.9. The lowest BCUT2D eigenvalue weighted by atomic mass is 10.1. The molecule has 45 heavy (non-hydrogen) atoms. The van der Waals surface area contributed by atoms with Gasteiger partial charge < -0.3 is 30.7 Å². The first kappa shape index (κ1) is 38.1. The standard InChI is InChI=1S/C19H18N4O.C9H16O2.C7H6O.CH5N/c1-4-13-6-5-7-15(8-13)23-19-16-9-14(11-20-2)18(24-3)10-17(16)21-12-22-19;1-9(11)7-5-3-2-4-6-8-10;8-6-7-4-2-1-3-5-7;1-2/h1,5-10,12,20H,11H2,2-3H3,(H,21,22,23);8H,2-7H2,1H3;1-6H;2H2,1H3. The van der Waals surface area contributed by atoms with Crippen LogP contribution in [0.15, 0.2) is 73.1 Å². The smallest absolute Gasteiger partial charge is 0.150 e. The number of ketones is 1. The van der Waals surface area contributed by atoms with Crippen molar-refractivity contribution in [2.75, 3.05) is 26.5 Å². The molecule has 4 N–H and O–H groups in total. The fraction of sp³-hybridized carbons (Fsp3) is 0.306. The predicted octanol–water partition coefficient (Wildman–Crippen LogP) is 6.27. The van der Waals surface area contributed by atoms with E-state index in [1.807, 2.05) is 61.6 Å². The van der Waals surface area contributed by atoms with Crippen molar-refractivity contribution in [3.05, 3.63) is 89.7 Å². The van der Waals surface area contributed by atoms with Gasteiger partial charge in [0.1, 0.15) is 36.3 Å². The fourth-order valence-corrected chi connectivity index (χ4v) is 4.06. The number of Topliss-reactive ketones (excluding diaryl/α,β-unsaturated/α-hetero) is 1. The molecule has 0 radical (unpaired) electrons. The van der Waals surface area contributed by atoms with Gasteiger partial charge in [-0.2, -0.15) is 0 Å². The summed E-state index contributed by atoms with van der Waals surface area (Å²) in [7, 11) is 5.06. The summed E-state index contributed by atoms with van der Waals surface area (Å²) in [6.45, 7) is 2.31. The van der Waals surface area contributed by atoms with E-state index in [1.165, 1.54) is 13.4 Å². The highest BCUT2D eigenvalue weighted by atomic mass is 16.5. The summed E-state index contributed by atoms with van der Waals surface area (Å²) < 4.78 is 5.45. The van der Waals surface area contributed by atoms with E-state index in [4.69, 9.17) is 11.2 Å². The Kier molecular flexibility index (Phi) is 19.9. The van der Waals surface area contributed by atoms with Crippen molar-refractivity contribution in [2.45, 2.75) is 52.0 Å². The van der Waals surface area contributed by atoms with Gasteiger partial charge in [0, 0.05) is 53.2 Å². The Balaban J connectivity index is 0.000000399. The number of rotatable bonds is 13. The molecule has 0 bridgehead atoms. The van der Waals surface area contributed by atoms with Crippen molar-refractivity contribution in [3.8, 4) is 18.1 Å². The highest BCUT2D eigenvalue weighted by Gasteiger charge is 2.10. The molecule has 0 aliphatic carbocycles. The van der Waals surface area contributed by atoms with Crippen LogP contribution in [0.4, 0.5) is 11.5 Å². The average Bonchev–Trinajstić information content (AvgIpc) is 3.08. The SMILES string of the molecule is C#Cc1cccc(Nc2ncnc3cc(OC)c(CNC)cc23)c1.CC(=O)CCCCCCC=O.CN.O=Cc1ccccc1. The Hall–Kier alpha value is -4.91. The maximum absolute atomic E-state index is 10.5. The summed E-state index contributed by atoms with van der Waals surface area (Å²) in [5.74, 6) is 4.43. The molecule has 0 aliphatic heterocycles. The molecule has 3 aromatic carbocycles. The number of benzene rings is 3. The second-order valence-electron chi connectivity index (χ2n) is 9.63. The number of hydrogen-bond donors (Lipinski definition) is 3. The molecule has 0 amide bonds. The molecule has 0 saturated carbocycles. The second kappa shape index (κ2) is 23.5. The number of nitrogens with two attached hydrogens (primary N) is 1. The van der Waals surface area contributed by atoms with Gasteiger partial charge in [-0.3, -0.25) is 4.79 Å². The zero-order valence-electron chi connectivity index (χ0n) is 26.7. The monoisotopic (exact) mass is 611 g/mol. The van der Waals surface area contributed by atoms with Crippen LogP contribution in [0, 0.1) is 12.3 Å². The number of aromatic nitrogens is 2. The minimum absolute atomic E-state index is 0.264. The number of unbranched alkanes of at least 4 members (excludes halogenated alkanes) is 4. The summed E-state index contributed by atoms with van der Waals surface area (Å²) in [6.07, 6.45) is 14.2. The number of carbonyl (C=O) groups is 3. The summed E-state index contributed by atoms with van der Waals surface area (Å²) in [4.78, 5) is 39.1. The molecule has 4 aromatic rings. The van der Waals surface area contributed by atoms with E-state index in [0.717, 1.165) is 83.1 Å². The van der Waals surface area contributed by atoms with Crippen LogP contribution in [0.2, 0.25) is 0 Å². The van der Waals surface area contributed by atoms with Gasteiger partial charge in [0.2, 0.25) is 0 Å². The van der Waals surface area contributed by atoms with Crippen molar-refractivity contribution >= 4 is 40.8 Å². The molecular formula is C36H45N5O4. The number of nitrogens with one attached hydrogen (secondary N) is 2. The first-order valence-corrected chi connectivity index (χ1v) is 14.8. The number of terminal acetylenes is 1. The molecule has 0 atom stereocenters. The summed E-state index contributed by atoms with van der Waals surface area (Å²) in [5, 5.41) is 7.39. The van der Waals surface area contributed by atoms with Crippen LogP contribution < -0.4 is 21.1 Å². The maximum atomic E-state index is 10.5. The van der Waals surface area contributed by atoms with Crippen LogP contribution in [0.25, 0.3) is 10.9 Å². The van der Waals surface area contributed by atoms with Crippen molar-refractivity contribution in [1.82, 2.24) is 15.3 Å². The Morgan fingerprint density at radius 1 is 0.978 bits per heavy atom. The van der Waals surface area contributed by atoms with Crippen molar-refractivity contribution in [3.63, 3.8) is 0 Å². The molecule has 4 rings (SSSR count). The number of aldehydes is 2. The lowest BCUT2D eigenvalue weighted by Gasteiger charge is -2.13. The number of ether oxygens (including phenoxy) is 1. The van der Waals surface area contributed by atoms with Crippen LogP contribution in [0.5, 0.6) is 5.75 Å². The van der Waals surface area contributed by atoms with Crippen molar-refractivity contribution in [1.29, 1.82) is 0 Å². The summed E-state index contributed by atoms with van der Waals surface area (Å²) in [6, 6.07) is 20.7. The molecule has 1 heterocycles. The van der Waals surface area contributed by atoms with Crippen molar-refractivity contribution < 1.29 is 19.1 Å². The molecule has 238 valence electrons. The Bertz CT molecular complexity index is 1490. The first-order chi connectivity index (χ1) is 21.9. The molecule has 0 spiro atoms. The molecule has 0 saturated heterocycles. The van der Waals surface area contributed by atoms with E-state index < -0.39 is 0 Å². The number of fused-ring (bicyclic) bond motifs is 1. The molecule has 9 heteroatoms. The quantitative estimate of drug-likeness (QED) is 0.0907. The number of carbonyl (C=O) groups excluding carboxylic acids is 3. The van der Waals surface area contributed by atoms with Gasteiger partial charge in [-0.25, -0.2) is 9.97 Å². The molecule has 0 unspecified atom stereocenters. The third-order valence-corrected chi connectivity index (χ3v) is 6.23. The fourth-order valence-electron chi connectivity index (χ4n) is 4.06. The number of nitrogens with zero attached hydrogens (tertiary/aromatic N) is 2. The van der Waals surface area contributed by atoms with Crippen LogP contribution >= 0.6 is 0 Å². The topological polar surface area (TPSA) is 136 Å². The minimum atomic E-state index is 0.264. The largest absolute Gasteiger partial charge is 0.496 e. The minimum Gasteiger partial charge on any atom is -0.496 e. The van der Waals surface area contributed by atoms with E-state index in [2.05, 4.69) is 32.3 Å². The van der Waals surface area contributed by atoms with E-state index in [9.17, 15) is 14.4 Å². The second-order valence-corrected chi connectivity index (χ2v) is 9.63.